The van der Waals surface area contributed by atoms with E-state index in [2.05, 4.69) is 10.2 Å². The second-order valence-electron chi connectivity index (χ2n) is 8.47. The Morgan fingerprint density at radius 2 is 2.03 bits per heavy atom. The van der Waals surface area contributed by atoms with Crippen LogP contribution in [0.3, 0.4) is 0 Å². The fourth-order valence-electron chi connectivity index (χ4n) is 5.14. The number of nitrogens with one attached hydrogen (secondary N) is 1. The van der Waals surface area contributed by atoms with Crippen LogP contribution >= 0.6 is 0 Å². The van der Waals surface area contributed by atoms with Gasteiger partial charge in [-0.15, -0.1) is 0 Å². The number of nitrogens with zero attached hydrogens (tertiary/aromatic N) is 3. The summed E-state index contributed by atoms with van der Waals surface area (Å²) in [4.78, 5) is 53.7. The van der Waals surface area contributed by atoms with Gasteiger partial charge < -0.3 is 4.90 Å². The highest BCUT2D eigenvalue weighted by molar-refractivity contribution is 6.20. The summed E-state index contributed by atoms with van der Waals surface area (Å²) in [5.41, 5.74) is -0.102. The summed E-state index contributed by atoms with van der Waals surface area (Å²) in [6.07, 6.45) is 4.04. The Morgan fingerprint density at radius 3 is 2.73 bits per heavy atom. The van der Waals surface area contributed by atoms with Crippen molar-refractivity contribution in [2.24, 2.45) is 5.41 Å². The molecule has 9 heteroatoms. The molecule has 160 valence electrons. The SMILES string of the molecule is CCC(C)N1C(=O)NC(=O)C2(Cc3cc([N+](=O)[O-])ccc3N3CCCCCC32)C1=O. The molecule has 2 saturated heterocycles. The Labute approximate surface area is 174 Å². The van der Waals surface area contributed by atoms with Gasteiger partial charge in [0.25, 0.3) is 5.69 Å². The summed E-state index contributed by atoms with van der Waals surface area (Å²) in [7, 11) is 0. The van der Waals surface area contributed by atoms with Gasteiger partial charge >= 0.3 is 6.03 Å². The molecule has 1 aromatic rings. The summed E-state index contributed by atoms with van der Waals surface area (Å²) in [5.74, 6) is -1.08. The standard InChI is InChI=1S/C21H26N4O5/c1-3-13(2)24-19(27)21(18(26)22-20(24)28)12-14-11-15(25(29)30)8-9-16(14)23-10-6-4-5-7-17(21)23/h8-9,11,13,17H,3-7,10,12H2,1-2H3,(H,22,26,28). The molecular weight excluding hydrogens is 388 g/mol. The average molecular weight is 414 g/mol. The number of carbonyl (C=O) groups excluding carboxylic acids is 3. The van der Waals surface area contributed by atoms with Crippen molar-refractivity contribution >= 4 is 29.2 Å². The molecule has 0 bridgehead atoms. The molecule has 4 amide bonds. The van der Waals surface area contributed by atoms with E-state index in [1.165, 1.54) is 17.0 Å². The van der Waals surface area contributed by atoms with E-state index >= 15 is 0 Å². The van der Waals surface area contributed by atoms with Crippen LogP contribution in [0.2, 0.25) is 0 Å². The molecule has 2 fully saturated rings. The minimum Gasteiger partial charge on any atom is -0.367 e. The molecule has 1 aromatic carbocycles. The summed E-state index contributed by atoms with van der Waals surface area (Å²) < 4.78 is 0. The van der Waals surface area contributed by atoms with E-state index in [0.29, 0.717) is 24.9 Å². The zero-order valence-corrected chi connectivity index (χ0v) is 17.2. The van der Waals surface area contributed by atoms with Crippen molar-refractivity contribution in [2.75, 3.05) is 11.4 Å². The van der Waals surface area contributed by atoms with Crippen molar-refractivity contribution < 1.29 is 19.3 Å². The van der Waals surface area contributed by atoms with Gasteiger partial charge in [-0.1, -0.05) is 19.8 Å². The molecule has 3 heterocycles. The molecular formula is C21H26N4O5. The minimum atomic E-state index is -1.47. The number of anilines is 1. The quantitative estimate of drug-likeness (QED) is 0.462. The average Bonchev–Trinajstić information content (AvgIpc) is 2.98. The minimum absolute atomic E-state index is 0.0516. The third-order valence-corrected chi connectivity index (χ3v) is 6.85. The monoisotopic (exact) mass is 414 g/mol. The van der Waals surface area contributed by atoms with Gasteiger partial charge in [0.15, 0.2) is 5.41 Å². The van der Waals surface area contributed by atoms with Crippen molar-refractivity contribution in [3.63, 3.8) is 0 Å². The van der Waals surface area contributed by atoms with E-state index in [-0.39, 0.29) is 24.2 Å². The number of nitro benzene ring substituents is 1. The molecule has 0 aromatic heterocycles. The second-order valence-corrected chi connectivity index (χ2v) is 8.47. The highest BCUT2D eigenvalue weighted by atomic mass is 16.6. The Hall–Kier alpha value is -2.97. The molecule has 4 rings (SSSR count). The molecule has 9 nitrogen and oxygen atoms in total. The van der Waals surface area contributed by atoms with Crippen molar-refractivity contribution in [1.29, 1.82) is 0 Å². The number of urea groups is 1. The number of rotatable bonds is 3. The number of amides is 4. The predicted octanol–water partition coefficient (Wildman–Crippen LogP) is 2.76. The molecule has 30 heavy (non-hydrogen) atoms. The number of imide groups is 2. The van der Waals surface area contributed by atoms with Crippen LogP contribution < -0.4 is 10.2 Å². The number of hydrogen-bond acceptors (Lipinski definition) is 6. The van der Waals surface area contributed by atoms with Crippen LogP contribution in [0.4, 0.5) is 16.2 Å². The number of hydrogen-bond donors (Lipinski definition) is 1. The van der Waals surface area contributed by atoms with Crippen molar-refractivity contribution in [2.45, 2.75) is 64.5 Å². The molecule has 1 N–H and O–H groups in total. The van der Waals surface area contributed by atoms with Gasteiger partial charge in [-0.25, -0.2) is 4.79 Å². The lowest BCUT2D eigenvalue weighted by Crippen LogP contribution is -2.73. The maximum absolute atomic E-state index is 13.8. The molecule has 0 aliphatic carbocycles. The predicted molar refractivity (Wildman–Crippen MR) is 109 cm³/mol. The number of barbiturate groups is 1. The smallest absolute Gasteiger partial charge is 0.331 e. The molecule has 3 aliphatic heterocycles. The number of nitro groups is 1. The molecule has 0 radical (unpaired) electrons. The normalized spacial score (nSPS) is 27.3. The van der Waals surface area contributed by atoms with E-state index in [4.69, 9.17) is 0 Å². The largest absolute Gasteiger partial charge is 0.367 e. The Morgan fingerprint density at radius 1 is 1.27 bits per heavy atom. The van der Waals surface area contributed by atoms with Crippen LogP contribution in [-0.2, 0) is 16.0 Å². The van der Waals surface area contributed by atoms with Crippen molar-refractivity contribution in [1.82, 2.24) is 10.2 Å². The second kappa shape index (κ2) is 7.37. The van der Waals surface area contributed by atoms with Gasteiger partial charge in [-0.05, 0) is 37.8 Å². The van der Waals surface area contributed by atoms with Crippen LogP contribution in [0.1, 0.15) is 51.5 Å². The Kier molecular flexibility index (Phi) is 4.99. The highest BCUT2D eigenvalue weighted by Crippen LogP contribution is 2.48. The van der Waals surface area contributed by atoms with Crippen molar-refractivity contribution in [3.05, 3.63) is 33.9 Å². The third kappa shape index (κ3) is 2.86. The zero-order valence-electron chi connectivity index (χ0n) is 17.2. The van der Waals surface area contributed by atoms with E-state index in [0.717, 1.165) is 24.9 Å². The fourth-order valence-corrected chi connectivity index (χ4v) is 5.14. The molecule has 3 atom stereocenters. The van der Waals surface area contributed by atoms with Gasteiger partial charge in [0, 0.05) is 36.8 Å². The van der Waals surface area contributed by atoms with E-state index in [1.54, 1.807) is 13.0 Å². The Bertz CT molecular complexity index is 932. The molecule has 3 aliphatic rings. The zero-order chi connectivity index (χ0) is 21.6. The van der Waals surface area contributed by atoms with Gasteiger partial charge in [-0.3, -0.25) is 29.9 Å². The van der Waals surface area contributed by atoms with Crippen LogP contribution in [0.5, 0.6) is 0 Å². The summed E-state index contributed by atoms with van der Waals surface area (Å²) in [6, 6.07) is 3.23. The number of carbonyl (C=O) groups is 3. The van der Waals surface area contributed by atoms with Crippen LogP contribution in [-0.4, -0.2) is 46.3 Å². The lowest BCUT2D eigenvalue weighted by atomic mass is 9.67. The first-order valence-corrected chi connectivity index (χ1v) is 10.5. The topological polar surface area (TPSA) is 113 Å². The van der Waals surface area contributed by atoms with Crippen LogP contribution in [0.25, 0.3) is 0 Å². The summed E-state index contributed by atoms with van der Waals surface area (Å²) in [5, 5.41) is 13.8. The summed E-state index contributed by atoms with van der Waals surface area (Å²) in [6.45, 7) is 4.33. The lowest BCUT2D eigenvalue weighted by Gasteiger charge is -2.52. The summed E-state index contributed by atoms with van der Waals surface area (Å²) >= 11 is 0. The van der Waals surface area contributed by atoms with Crippen LogP contribution in [0.15, 0.2) is 18.2 Å². The first-order chi connectivity index (χ1) is 14.3. The maximum Gasteiger partial charge on any atom is 0.331 e. The first-order valence-electron chi connectivity index (χ1n) is 10.5. The molecule has 3 unspecified atom stereocenters. The van der Waals surface area contributed by atoms with E-state index in [1.807, 2.05) is 6.92 Å². The van der Waals surface area contributed by atoms with Crippen molar-refractivity contribution in [3.8, 4) is 0 Å². The third-order valence-electron chi connectivity index (χ3n) is 6.85. The first kappa shape index (κ1) is 20.3. The Balaban J connectivity index is 1.89. The lowest BCUT2D eigenvalue weighted by molar-refractivity contribution is -0.384. The number of benzene rings is 1. The van der Waals surface area contributed by atoms with E-state index < -0.39 is 28.2 Å². The maximum atomic E-state index is 13.8. The van der Waals surface area contributed by atoms with Gasteiger partial charge in [-0.2, -0.15) is 0 Å². The fraction of sp³-hybridized carbons (Fsp3) is 0.571. The van der Waals surface area contributed by atoms with Crippen LogP contribution in [0, 0.1) is 15.5 Å². The van der Waals surface area contributed by atoms with Gasteiger partial charge in [0.05, 0.1) is 11.0 Å². The van der Waals surface area contributed by atoms with Gasteiger partial charge in [0.1, 0.15) is 0 Å². The molecule has 0 saturated carbocycles. The van der Waals surface area contributed by atoms with Gasteiger partial charge in [0.2, 0.25) is 11.8 Å². The number of non-ortho nitro benzene ring substituents is 1. The van der Waals surface area contributed by atoms with E-state index in [9.17, 15) is 24.5 Å². The highest BCUT2D eigenvalue weighted by Gasteiger charge is 2.62. The molecule has 1 spiro atoms. The number of fused-ring (bicyclic) bond motifs is 4.